The molecule has 2 aromatic rings. The summed E-state index contributed by atoms with van der Waals surface area (Å²) in [6.45, 7) is 5.34. The Kier molecular flexibility index (Phi) is 7.46. The maximum Gasteiger partial charge on any atom is 0.509 e. The Labute approximate surface area is 196 Å². The molecule has 0 saturated carbocycles. The summed E-state index contributed by atoms with van der Waals surface area (Å²) in [6.07, 6.45) is -1.82. The van der Waals surface area contributed by atoms with E-state index in [4.69, 9.17) is 18.9 Å². The summed E-state index contributed by atoms with van der Waals surface area (Å²) in [7, 11) is 0. The predicted octanol–water partition coefficient (Wildman–Crippen LogP) is 6.54. The van der Waals surface area contributed by atoms with Gasteiger partial charge < -0.3 is 18.9 Å². The number of halogens is 1. The molecule has 0 aromatic heterocycles. The highest BCUT2D eigenvalue weighted by Crippen LogP contribution is 2.42. The first-order valence-corrected chi connectivity index (χ1v) is 11.7. The minimum absolute atomic E-state index is 0.289. The lowest BCUT2D eigenvalue weighted by Gasteiger charge is -2.40. The van der Waals surface area contributed by atoms with Crippen molar-refractivity contribution in [2.24, 2.45) is 0 Å². The molecule has 0 aliphatic carbocycles. The second-order valence-corrected chi connectivity index (χ2v) is 9.34. The van der Waals surface area contributed by atoms with Gasteiger partial charge in [0.25, 0.3) is 0 Å². The number of hydrogen-bond acceptors (Lipinski definition) is 6. The van der Waals surface area contributed by atoms with Crippen LogP contribution in [-0.4, -0.2) is 27.9 Å². The molecule has 31 heavy (non-hydrogen) atoms. The standard InChI is InChI=1S/C24H27IO6/c1-23(2,3)30-21(26)28-19(17-10-6-4-7-11-17)14-24(16-25)15-20(29-22(27)31-24)18-12-8-5-9-13-18/h4-13,19-20H,14-16H2,1-3H3/t19-,20-,24+/m1/s1. The van der Waals surface area contributed by atoms with Crippen molar-refractivity contribution >= 4 is 34.9 Å². The van der Waals surface area contributed by atoms with Crippen LogP contribution in [0.1, 0.15) is 56.9 Å². The molecule has 0 unspecified atom stereocenters. The molecule has 1 saturated heterocycles. The molecule has 1 heterocycles. The Morgan fingerprint density at radius 1 is 1.13 bits per heavy atom. The van der Waals surface area contributed by atoms with Crippen LogP contribution in [0.4, 0.5) is 9.59 Å². The number of ether oxygens (including phenoxy) is 4. The summed E-state index contributed by atoms with van der Waals surface area (Å²) >= 11 is 2.20. The van der Waals surface area contributed by atoms with Crippen molar-refractivity contribution in [1.29, 1.82) is 0 Å². The molecule has 0 bridgehead atoms. The number of cyclic esters (lactones) is 2. The lowest BCUT2D eigenvalue weighted by molar-refractivity contribution is -0.124. The van der Waals surface area contributed by atoms with Gasteiger partial charge in [-0.3, -0.25) is 0 Å². The van der Waals surface area contributed by atoms with Gasteiger partial charge in [-0.05, 0) is 31.9 Å². The summed E-state index contributed by atoms with van der Waals surface area (Å²) in [5, 5.41) is 0. The molecule has 1 aliphatic heterocycles. The van der Waals surface area contributed by atoms with Crippen molar-refractivity contribution in [3.63, 3.8) is 0 Å². The SMILES string of the molecule is CC(C)(C)OC(=O)O[C@H](C[C@@]1(CI)C[C@H](c2ccccc2)OC(=O)O1)c1ccccc1. The average Bonchev–Trinajstić information content (AvgIpc) is 2.73. The molecule has 0 amide bonds. The fourth-order valence-electron chi connectivity index (χ4n) is 3.48. The minimum atomic E-state index is -0.862. The molecule has 1 aliphatic rings. The third kappa shape index (κ3) is 6.59. The van der Waals surface area contributed by atoms with Crippen LogP contribution in [0.5, 0.6) is 0 Å². The molecule has 3 rings (SSSR count). The minimum Gasteiger partial charge on any atom is -0.429 e. The molecule has 0 N–H and O–H groups in total. The largest absolute Gasteiger partial charge is 0.509 e. The Morgan fingerprint density at radius 2 is 1.74 bits per heavy atom. The number of alkyl halides is 1. The van der Waals surface area contributed by atoms with Gasteiger partial charge in [-0.25, -0.2) is 9.59 Å². The van der Waals surface area contributed by atoms with E-state index in [1.54, 1.807) is 20.8 Å². The molecule has 6 nitrogen and oxygen atoms in total. The van der Waals surface area contributed by atoms with Gasteiger partial charge in [-0.15, -0.1) is 0 Å². The smallest absolute Gasteiger partial charge is 0.429 e. The van der Waals surface area contributed by atoms with Crippen molar-refractivity contribution < 1.29 is 28.5 Å². The second kappa shape index (κ2) is 9.89. The Balaban J connectivity index is 1.86. The fourth-order valence-corrected chi connectivity index (χ4v) is 4.26. The maximum atomic E-state index is 12.4. The van der Waals surface area contributed by atoms with Gasteiger partial charge in [-0.2, -0.15) is 0 Å². The lowest BCUT2D eigenvalue weighted by Crippen LogP contribution is -2.45. The van der Waals surface area contributed by atoms with E-state index in [-0.39, 0.29) is 6.42 Å². The van der Waals surface area contributed by atoms with Crippen LogP contribution >= 0.6 is 22.6 Å². The van der Waals surface area contributed by atoms with Crippen molar-refractivity contribution in [2.75, 3.05) is 4.43 Å². The summed E-state index contributed by atoms with van der Waals surface area (Å²) in [4.78, 5) is 24.8. The van der Waals surface area contributed by atoms with Crippen LogP contribution in [0.25, 0.3) is 0 Å². The van der Waals surface area contributed by atoms with Gasteiger partial charge in [0.1, 0.15) is 23.4 Å². The highest BCUT2D eigenvalue weighted by Gasteiger charge is 2.46. The number of rotatable bonds is 6. The van der Waals surface area contributed by atoms with Crippen molar-refractivity contribution in [3.05, 3.63) is 71.8 Å². The van der Waals surface area contributed by atoms with E-state index in [9.17, 15) is 9.59 Å². The first-order valence-electron chi connectivity index (χ1n) is 10.1. The zero-order valence-electron chi connectivity index (χ0n) is 17.9. The monoisotopic (exact) mass is 538 g/mol. The molecular formula is C24H27IO6. The lowest BCUT2D eigenvalue weighted by atomic mass is 9.86. The van der Waals surface area contributed by atoms with Gasteiger partial charge in [0.05, 0.1) is 0 Å². The summed E-state index contributed by atoms with van der Waals surface area (Å²) < 4.78 is 22.8. The van der Waals surface area contributed by atoms with E-state index >= 15 is 0 Å². The quantitative estimate of drug-likeness (QED) is 0.236. The number of benzene rings is 2. The summed E-state index contributed by atoms with van der Waals surface area (Å²) in [6, 6.07) is 19.0. The summed E-state index contributed by atoms with van der Waals surface area (Å²) in [5.74, 6) is 0. The zero-order valence-corrected chi connectivity index (χ0v) is 20.0. The van der Waals surface area contributed by atoms with Crippen LogP contribution in [0.3, 0.4) is 0 Å². The Bertz CT molecular complexity index is 880. The van der Waals surface area contributed by atoms with Gasteiger partial charge in [0.2, 0.25) is 0 Å². The molecule has 2 aromatic carbocycles. The maximum absolute atomic E-state index is 12.4. The van der Waals surface area contributed by atoms with E-state index in [1.807, 2.05) is 60.7 Å². The van der Waals surface area contributed by atoms with E-state index in [2.05, 4.69) is 22.6 Å². The third-order valence-corrected chi connectivity index (χ3v) is 6.26. The zero-order chi connectivity index (χ0) is 22.5. The third-order valence-electron chi connectivity index (χ3n) is 4.87. The van der Waals surface area contributed by atoms with Gasteiger partial charge in [0.15, 0.2) is 0 Å². The predicted molar refractivity (Wildman–Crippen MR) is 124 cm³/mol. The first-order chi connectivity index (χ1) is 14.7. The molecule has 166 valence electrons. The van der Waals surface area contributed by atoms with Crippen LogP contribution in [-0.2, 0) is 18.9 Å². The Morgan fingerprint density at radius 3 is 2.32 bits per heavy atom. The number of carbonyl (C=O) groups excluding carboxylic acids is 2. The highest BCUT2D eigenvalue weighted by atomic mass is 127. The summed E-state index contributed by atoms with van der Waals surface area (Å²) in [5.41, 5.74) is 0.163. The molecular weight excluding hydrogens is 511 g/mol. The molecule has 7 heteroatoms. The van der Waals surface area contributed by atoms with Gasteiger partial charge in [-0.1, -0.05) is 83.3 Å². The van der Waals surface area contributed by atoms with Crippen molar-refractivity contribution in [1.82, 2.24) is 0 Å². The van der Waals surface area contributed by atoms with Crippen LogP contribution < -0.4 is 0 Å². The van der Waals surface area contributed by atoms with Gasteiger partial charge in [0, 0.05) is 17.3 Å². The van der Waals surface area contributed by atoms with Crippen LogP contribution in [0.15, 0.2) is 60.7 Å². The second-order valence-electron chi connectivity index (χ2n) is 8.58. The Hall–Kier alpha value is -2.29. The molecule has 0 spiro atoms. The van der Waals surface area contributed by atoms with Gasteiger partial charge >= 0.3 is 12.3 Å². The number of hydrogen-bond donors (Lipinski definition) is 0. The normalized spacial score (nSPS) is 22.1. The first kappa shape index (κ1) is 23.4. The number of carbonyl (C=O) groups is 2. The van der Waals surface area contributed by atoms with E-state index < -0.39 is 35.7 Å². The molecule has 1 fully saturated rings. The van der Waals surface area contributed by atoms with E-state index in [0.717, 1.165) is 11.1 Å². The topological polar surface area (TPSA) is 71.1 Å². The van der Waals surface area contributed by atoms with Crippen molar-refractivity contribution in [3.8, 4) is 0 Å². The van der Waals surface area contributed by atoms with Crippen molar-refractivity contribution in [2.45, 2.75) is 57.0 Å². The van der Waals surface area contributed by atoms with E-state index in [1.165, 1.54) is 0 Å². The van der Waals surface area contributed by atoms with Crippen LogP contribution in [0, 0.1) is 0 Å². The van der Waals surface area contributed by atoms with Crippen LogP contribution in [0.2, 0.25) is 0 Å². The highest BCUT2D eigenvalue weighted by molar-refractivity contribution is 14.1. The fraction of sp³-hybridized carbons (Fsp3) is 0.417. The van der Waals surface area contributed by atoms with E-state index in [0.29, 0.717) is 10.8 Å². The average molecular weight is 538 g/mol. The molecule has 3 atom stereocenters. The molecule has 0 radical (unpaired) electrons.